The van der Waals surface area contributed by atoms with Gasteiger partial charge < -0.3 is 28.8 Å². The second-order valence-electron chi connectivity index (χ2n) is 12.6. The van der Waals surface area contributed by atoms with Gasteiger partial charge in [-0.3, -0.25) is 9.80 Å². The lowest BCUT2D eigenvalue weighted by atomic mass is 10.1. The minimum absolute atomic E-state index is 0.0852. The number of hydrazine groups is 1. The molecule has 6 rings (SSSR count). The molecule has 1 saturated carbocycles. The number of carbonyl (C=O) groups excluding carboxylic acids is 1. The van der Waals surface area contributed by atoms with Gasteiger partial charge in [0.1, 0.15) is 29.8 Å². The Morgan fingerprint density at radius 1 is 1.18 bits per heavy atom. The van der Waals surface area contributed by atoms with Crippen LogP contribution in [0, 0.1) is 12.8 Å². The molecule has 0 bridgehead atoms. The molecule has 17 heteroatoms. The number of benzene rings is 2. The maximum Gasteiger partial charge on any atom is 0.416 e. The Morgan fingerprint density at radius 3 is 2.61 bits per heavy atom. The zero-order chi connectivity index (χ0) is 36.3. The Kier molecular flexibility index (Phi) is 11.3. The van der Waals surface area contributed by atoms with Gasteiger partial charge in [0, 0.05) is 24.2 Å². The van der Waals surface area contributed by atoms with Crippen LogP contribution in [-0.4, -0.2) is 51.6 Å². The topological polar surface area (TPSA) is 138 Å². The van der Waals surface area contributed by atoms with Crippen LogP contribution in [0.25, 0.3) is 11.0 Å². The van der Waals surface area contributed by atoms with E-state index in [2.05, 4.69) is 26.8 Å². The number of carbonyl (C=O) groups is 1. The van der Waals surface area contributed by atoms with Gasteiger partial charge in [0.05, 0.1) is 23.7 Å². The third-order valence-corrected chi connectivity index (χ3v) is 10.6. The number of esters is 1. The van der Waals surface area contributed by atoms with Crippen LogP contribution in [0.3, 0.4) is 0 Å². The van der Waals surface area contributed by atoms with Crippen LogP contribution >= 0.6 is 20.5 Å². The monoisotopic (exact) mass is 747 g/mol. The Balaban J connectivity index is 1.14. The summed E-state index contributed by atoms with van der Waals surface area (Å²) in [5.74, 6) is 0.766. The maximum atomic E-state index is 13.5. The van der Waals surface area contributed by atoms with E-state index < -0.39 is 38.4 Å². The van der Waals surface area contributed by atoms with Crippen molar-refractivity contribution in [2.24, 2.45) is 5.92 Å². The first-order chi connectivity index (χ1) is 24.4. The molecule has 0 radical (unpaired) electrons. The number of aromatic nitrogens is 3. The number of nitrogens with one attached hydrogen (secondary N) is 2. The van der Waals surface area contributed by atoms with Crippen molar-refractivity contribution in [2.75, 3.05) is 30.1 Å². The van der Waals surface area contributed by atoms with Crippen LogP contribution in [0.5, 0.6) is 5.75 Å². The first-order valence-electron chi connectivity index (χ1n) is 16.5. The standard InChI is InChI=1S/C34H41F3N7O5PS/c1-5-44(42-51-4)29-26-14-17-43(28(26)39-32(38)40-29)30-22(3)18-25(48-30)20-47-50(49-24-12-10-21(2)11-13-24)41-33(15-16-33)31(45)46-19-23-8-6-7-9-27(23)34(35,36)37/h6-14,17,22,25,30,41-42H,5,15-16,18-20H2,1-4H3,(H2,38,39,40). The van der Waals surface area contributed by atoms with Crippen molar-refractivity contribution < 1.29 is 36.5 Å². The van der Waals surface area contributed by atoms with E-state index in [4.69, 9.17) is 24.3 Å². The fourth-order valence-electron chi connectivity index (χ4n) is 5.97. The SMILES string of the molecule is CCN(NSC)c1nc(N)nc2c1ccn2C1OC(COP(NC2(C(=O)OCc3ccccc3C(F)(F)F)CC2)Oc2ccc(C)cc2)CC1C. The average Bonchev–Trinajstić information content (AvgIpc) is 3.62. The Labute approximate surface area is 299 Å². The van der Waals surface area contributed by atoms with Gasteiger partial charge in [0.25, 0.3) is 0 Å². The minimum atomic E-state index is -4.57. The van der Waals surface area contributed by atoms with Crippen molar-refractivity contribution in [2.45, 2.75) is 70.7 Å². The number of rotatable bonds is 15. The molecule has 1 aliphatic carbocycles. The molecule has 0 amide bonds. The molecule has 2 fully saturated rings. The Morgan fingerprint density at radius 2 is 1.92 bits per heavy atom. The van der Waals surface area contributed by atoms with Gasteiger partial charge in [-0.05, 0) is 63.6 Å². The van der Waals surface area contributed by atoms with E-state index in [1.54, 1.807) is 12.1 Å². The maximum absolute atomic E-state index is 13.5. The van der Waals surface area contributed by atoms with Crippen molar-refractivity contribution >= 4 is 49.2 Å². The van der Waals surface area contributed by atoms with Crippen molar-refractivity contribution in [1.82, 2.24) is 24.5 Å². The number of alkyl halides is 3. The molecule has 2 aliphatic rings. The van der Waals surface area contributed by atoms with Crippen LogP contribution in [0.2, 0.25) is 0 Å². The number of hydrogen-bond acceptors (Lipinski definition) is 12. The highest BCUT2D eigenvalue weighted by atomic mass is 32.2. The van der Waals surface area contributed by atoms with Gasteiger partial charge in [0.2, 0.25) is 5.95 Å². The lowest BCUT2D eigenvalue weighted by Gasteiger charge is -2.25. The summed E-state index contributed by atoms with van der Waals surface area (Å²) in [4.78, 5) is 25.6. The second-order valence-corrected chi connectivity index (χ2v) is 14.4. The van der Waals surface area contributed by atoms with Crippen LogP contribution in [0.4, 0.5) is 24.9 Å². The van der Waals surface area contributed by atoms with Crippen molar-refractivity contribution in [3.8, 4) is 5.75 Å². The molecule has 0 spiro atoms. The summed E-state index contributed by atoms with van der Waals surface area (Å²) in [5, 5.41) is 5.93. The predicted molar refractivity (Wildman–Crippen MR) is 190 cm³/mol. The molecule has 51 heavy (non-hydrogen) atoms. The van der Waals surface area contributed by atoms with E-state index in [9.17, 15) is 18.0 Å². The molecule has 274 valence electrons. The summed E-state index contributed by atoms with van der Waals surface area (Å²) in [6.45, 7) is 6.35. The highest BCUT2D eigenvalue weighted by Crippen LogP contribution is 2.48. The molecular formula is C34H41F3N7O5PS. The second kappa shape index (κ2) is 15.5. The summed E-state index contributed by atoms with van der Waals surface area (Å²) in [7, 11) is -1.90. The summed E-state index contributed by atoms with van der Waals surface area (Å²) >= 11 is 1.45. The van der Waals surface area contributed by atoms with Gasteiger partial charge in [-0.15, -0.1) is 0 Å². The van der Waals surface area contributed by atoms with E-state index in [1.807, 2.05) is 54.1 Å². The third kappa shape index (κ3) is 8.53. The average molecular weight is 748 g/mol. The lowest BCUT2D eigenvalue weighted by Crippen LogP contribution is -2.39. The fraction of sp³-hybridized carbons (Fsp3) is 0.441. The molecule has 3 heterocycles. The molecule has 1 saturated heterocycles. The molecular weight excluding hydrogens is 706 g/mol. The number of aryl methyl sites for hydroxylation is 1. The zero-order valence-corrected chi connectivity index (χ0v) is 30.4. The molecule has 4 aromatic rings. The van der Waals surface area contributed by atoms with Gasteiger partial charge in [0.15, 0.2) is 5.82 Å². The first-order valence-corrected chi connectivity index (χ1v) is 18.9. The van der Waals surface area contributed by atoms with E-state index in [1.165, 1.54) is 30.1 Å². The molecule has 4 N–H and O–H groups in total. The van der Waals surface area contributed by atoms with Gasteiger partial charge in [-0.25, -0.2) is 5.09 Å². The number of nitrogens with zero attached hydrogens (tertiary/aromatic N) is 4. The number of halogens is 3. The normalized spacial score (nSPS) is 20.3. The van der Waals surface area contributed by atoms with Crippen LogP contribution < -0.4 is 25.2 Å². The minimum Gasteiger partial charge on any atom is -0.459 e. The summed E-state index contributed by atoms with van der Waals surface area (Å²) < 4.78 is 67.0. The zero-order valence-electron chi connectivity index (χ0n) is 28.6. The van der Waals surface area contributed by atoms with Crippen molar-refractivity contribution in [1.29, 1.82) is 0 Å². The number of fused-ring (bicyclic) bond motifs is 1. The van der Waals surface area contributed by atoms with Crippen molar-refractivity contribution in [3.05, 3.63) is 77.5 Å². The van der Waals surface area contributed by atoms with E-state index >= 15 is 0 Å². The van der Waals surface area contributed by atoms with E-state index in [0.717, 1.165) is 17.0 Å². The molecule has 2 aromatic heterocycles. The van der Waals surface area contributed by atoms with E-state index in [0.29, 0.717) is 43.0 Å². The largest absolute Gasteiger partial charge is 0.459 e. The number of ether oxygens (including phenoxy) is 2. The molecule has 4 atom stereocenters. The highest BCUT2D eigenvalue weighted by molar-refractivity contribution is 7.96. The number of nitrogens with two attached hydrogens (primary N) is 1. The van der Waals surface area contributed by atoms with Crippen molar-refractivity contribution in [3.63, 3.8) is 0 Å². The Bertz CT molecular complexity index is 1830. The molecule has 12 nitrogen and oxygen atoms in total. The Hall–Kier alpha value is -3.66. The van der Waals surface area contributed by atoms with Gasteiger partial charge >= 0.3 is 20.7 Å². The van der Waals surface area contributed by atoms with Gasteiger partial charge in [-0.1, -0.05) is 54.8 Å². The lowest BCUT2D eigenvalue weighted by molar-refractivity contribution is -0.150. The summed E-state index contributed by atoms with van der Waals surface area (Å²) in [6.07, 6.45) is 0.112. The smallest absolute Gasteiger partial charge is 0.416 e. The van der Waals surface area contributed by atoms with E-state index in [-0.39, 0.29) is 36.4 Å². The molecule has 4 unspecified atom stereocenters. The number of anilines is 2. The molecule has 1 aliphatic heterocycles. The third-order valence-electron chi connectivity index (χ3n) is 8.78. The van der Waals surface area contributed by atoms with Crippen LogP contribution in [0.15, 0.2) is 60.8 Å². The number of nitrogen functional groups attached to an aromatic ring is 1. The highest BCUT2D eigenvalue weighted by Gasteiger charge is 2.54. The number of hydrogen-bond donors (Lipinski definition) is 3. The molecule has 2 aromatic carbocycles. The quantitative estimate of drug-likeness (QED) is 0.0497. The van der Waals surface area contributed by atoms with Crippen LogP contribution in [-0.2, 0) is 31.6 Å². The summed E-state index contributed by atoms with van der Waals surface area (Å²) in [5.41, 5.74) is 5.74. The predicted octanol–water partition coefficient (Wildman–Crippen LogP) is 7.06. The summed E-state index contributed by atoms with van der Waals surface area (Å²) in [6, 6.07) is 14.4. The van der Waals surface area contributed by atoms with Gasteiger partial charge in [-0.2, -0.15) is 28.0 Å². The first kappa shape index (κ1) is 37.1. The fourth-order valence-corrected chi connectivity index (χ4v) is 7.85. The van der Waals surface area contributed by atoms with Crippen LogP contribution in [0.1, 0.15) is 56.0 Å².